The molecule has 3 rings (SSSR count). The lowest BCUT2D eigenvalue weighted by atomic mass is 10.1. The van der Waals surface area contributed by atoms with Gasteiger partial charge in [-0.3, -0.25) is 4.79 Å². The van der Waals surface area contributed by atoms with Gasteiger partial charge in [0, 0.05) is 6.07 Å². The van der Waals surface area contributed by atoms with E-state index in [-0.39, 0.29) is 5.78 Å². The number of carbonyl (C=O) groups excluding carboxylic acids is 1. The van der Waals surface area contributed by atoms with Gasteiger partial charge in [0.25, 0.3) is 0 Å². The van der Waals surface area contributed by atoms with Crippen LogP contribution in [0.4, 0.5) is 0 Å². The summed E-state index contributed by atoms with van der Waals surface area (Å²) in [6, 6.07) is 14.9. The number of allylic oxidation sites excluding steroid dienone is 1. The number of Topliss-reactive ketones (excluding diaryl/α,β-unsaturated/α-hetero) is 1. The Kier molecular flexibility index (Phi) is 3.25. The van der Waals surface area contributed by atoms with Crippen LogP contribution in [0.2, 0.25) is 0 Å². The van der Waals surface area contributed by atoms with Crippen LogP contribution >= 0.6 is 0 Å². The second kappa shape index (κ2) is 5.21. The zero-order valence-corrected chi connectivity index (χ0v) is 11.1. The Morgan fingerprint density at radius 2 is 1.95 bits per heavy atom. The zero-order chi connectivity index (χ0) is 13.9. The molecule has 0 N–H and O–H groups in total. The third kappa shape index (κ3) is 2.30. The van der Waals surface area contributed by atoms with Gasteiger partial charge < -0.3 is 9.47 Å². The van der Waals surface area contributed by atoms with Crippen molar-refractivity contribution in [1.82, 2.24) is 0 Å². The van der Waals surface area contributed by atoms with Crippen molar-refractivity contribution in [3.63, 3.8) is 0 Å². The fourth-order valence-corrected chi connectivity index (χ4v) is 2.12. The average Bonchev–Trinajstić information content (AvgIpc) is 2.77. The minimum atomic E-state index is -0.0908. The van der Waals surface area contributed by atoms with Crippen LogP contribution in [0.1, 0.15) is 22.8 Å². The summed E-state index contributed by atoms with van der Waals surface area (Å²) in [6.07, 6.45) is 1.75. The van der Waals surface area contributed by atoms with Crippen LogP contribution in [0.5, 0.6) is 11.5 Å². The Bertz CT molecular complexity index is 672. The topological polar surface area (TPSA) is 35.5 Å². The maximum atomic E-state index is 12.2. The van der Waals surface area contributed by atoms with Crippen molar-refractivity contribution in [2.45, 2.75) is 6.92 Å². The van der Waals surface area contributed by atoms with Crippen LogP contribution in [-0.4, -0.2) is 12.4 Å². The monoisotopic (exact) mass is 266 g/mol. The van der Waals surface area contributed by atoms with Crippen LogP contribution in [-0.2, 0) is 0 Å². The fraction of sp³-hybridized carbons (Fsp3) is 0.118. The molecule has 1 heterocycles. The van der Waals surface area contributed by atoms with Crippen molar-refractivity contribution >= 4 is 11.9 Å². The number of carbonyl (C=O) groups is 1. The van der Waals surface area contributed by atoms with Gasteiger partial charge in [-0.1, -0.05) is 30.3 Å². The molecule has 1 aliphatic heterocycles. The summed E-state index contributed by atoms with van der Waals surface area (Å²) < 4.78 is 11.1. The van der Waals surface area contributed by atoms with E-state index < -0.39 is 0 Å². The van der Waals surface area contributed by atoms with Gasteiger partial charge in [-0.15, -0.1) is 0 Å². The highest BCUT2D eigenvalue weighted by Gasteiger charge is 2.27. The number of benzene rings is 2. The molecule has 100 valence electrons. The summed E-state index contributed by atoms with van der Waals surface area (Å²) in [6.45, 7) is 2.50. The second-order valence-electron chi connectivity index (χ2n) is 4.44. The van der Waals surface area contributed by atoms with Crippen molar-refractivity contribution in [3.05, 3.63) is 65.4 Å². The molecule has 0 unspecified atom stereocenters. The van der Waals surface area contributed by atoms with Gasteiger partial charge in [0.05, 0.1) is 12.2 Å². The molecule has 0 spiro atoms. The second-order valence-corrected chi connectivity index (χ2v) is 4.44. The summed E-state index contributed by atoms with van der Waals surface area (Å²) in [5.74, 6) is 1.52. The summed E-state index contributed by atoms with van der Waals surface area (Å²) in [4.78, 5) is 12.2. The molecule has 0 fully saturated rings. The van der Waals surface area contributed by atoms with E-state index in [9.17, 15) is 4.79 Å². The molecule has 0 aromatic heterocycles. The Hall–Kier alpha value is -2.55. The highest BCUT2D eigenvalue weighted by atomic mass is 16.5. The first kappa shape index (κ1) is 12.5. The van der Waals surface area contributed by atoms with E-state index in [1.165, 1.54) is 0 Å². The molecule has 3 heteroatoms. The molecule has 0 saturated carbocycles. The van der Waals surface area contributed by atoms with Crippen LogP contribution in [0, 0.1) is 0 Å². The van der Waals surface area contributed by atoms with E-state index in [2.05, 4.69) is 0 Å². The molecule has 0 atom stereocenters. The lowest BCUT2D eigenvalue weighted by Crippen LogP contribution is -1.97. The number of ether oxygens (including phenoxy) is 2. The van der Waals surface area contributed by atoms with Gasteiger partial charge in [-0.05, 0) is 30.7 Å². The number of hydrogen-bond donors (Lipinski definition) is 0. The van der Waals surface area contributed by atoms with E-state index in [0.717, 1.165) is 5.56 Å². The molecule has 1 aliphatic rings. The number of ketones is 1. The smallest absolute Gasteiger partial charge is 0.231 e. The van der Waals surface area contributed by atoms with Crippen LogP contribution in [0.25, 0.3) is 6.08 Å². The van der Waals surface area contributed by atoms with Crippen molar-refractivity contribution in [1.29, 1.82) is 0 Å². The number of fused-ring (bicyclic) bond motifs is 1. The molecule has 0 radical (unpaired) electrons. The molecule has 0 aliphatic carbocycles. The molecule has 20 heavy (non-hydrogen) atoms. The molecular formula is C17H14O3. The summed E-state index contributed by atoms with van der Waals surface area (Å²) in [5.41, 5.74) is 1.52. The first-order chi connectivity index (χ1) is 9.78. The molecule has 3 nitrogen and oxygen atoms in total. The molecule has 0 amide bonds. The van der Waals surface area contributed by atoms with Crippen molar-refractivity contribution in [2.24, 2.45) is 0 Å². The fourth-order valence-electron chi connectivity index (χ4n) is 2.12. The number of rotatable bonds is 3. The molecule has 2 aromatic carbocycles. The highest BCUT2D eigenvalue weighted by Crippen LogP contribution is 2.34. The predicted molar refractivity (Wildman–Crippen MR) is 77.0 cm³/mol. The molecule has 0 bridgehead atoms. The maximum Gasteiger partial charge on any atom is 0.231 e. The third-order valence-electron chi connectivity index (χ3n) is 3.05. The van der Waals surface area contributed by atoms with Gasteiger partial charge >= 0.3 is 0 Å². The van der Waals surface area contributed by atoms with Gasteiger partial charge in [0.2, 0.25) is 5.78 Å². The number of hydrogen-bond acceptors (Lipinski definition) is 3. The Labute approximate surface area is 117 Å². The predicted octanol–water partition coefficient (Wildman–Crippen LogP) is 3.70. The van der Waals surface area contributed by atoms with Gasteiger partial charge in [-0.2, -0.15) is 0 Å². The molecule has 0 saturated heterocycles. The molecule has 2 aromatic rings. The van der Waals surface area contributed by atoms with Gasteiger partial charge in [0.15, 0.2) is 5.76 Å². The average molecular weight is 266 g/mol. The van der Waals surface area contributed by atoms with Crippen molar-refractivity contribution in [2.75, 3.05) is 6.61 Å². The Balaban J connectivity index is 1.92. The van der Waals surface area contributed by atoms with Gasteiger partial charge in [-0.25, -0.2) is 0 Å². The van der Waals surface area contributed by atoms with E-state index in [0.29, 0.717) is 29.4 Å². The zero-order valence-electron chi connectivity index (χ0n) is 11.1. The minimum Gasteiger partial charge on any atom is -0.494 e. The molecular weight excluding hydrogens is 252 g/mol. The first-order valence-electron chi connectivity index (χ1n) is 6.54. The Morgan fingerprint density at radius 3 is 2.70 bits per heavy atom. The van der Waals surface area contributed by atoms with Crippen molar-refractivity contribution in [3.8, 4) is 11.5 Å². The lowest BCUT2D eigenvalue weighted by molar-refractivity contribution is 0.101. The summed E-state index contributed by atoms with van der Waals surface area (Å²) in [7, 11) is 0. The largest absolute Gasteiger partial charge is 0.494 e. The first-order valence-corrected chi connectivity index (χ1v) is 6.54. The normalized spacial score (nSPS) is 15.1. The summed E-state index contributed by atoms with van der Waals surface area (Å²) >= 11 is 0. The lowest BCUT2D eigenvalue weighted by Gasteiger charge is -2.03. The third-order valence-corrected chi connectivity index (χ3v) is 3.05. The highest BCUT2D eigenvalue weighted by molar-refractivity contribution is 6.14. The van der Waals surface area contributed by atoms with E-state index in [1.54, 1.807) is 24.3 Å². The van der Waals surface area contributed by atoms with Crippen molar-refractivity contribution < 1.29 is 14.3 Å². The van der Waals surface area contributed by atoms with Crippen LogP contribution in [0.15, 0.2) is 54.3 Å². The minimum absolute atomic E-state index is 0.0908. The standard InChI is InChI=1S/C17H14O3/c1-2-19-13-8-9-14-15(11-13)20-16(17(14)18)10-12-6-4-3-5-7-12/h3-11H,2H2,1H3/b16-10-. The van der Waals surface area contributed by atoms with Crippen LogP contribution in [0.3, 0.4) is 0 Å². The van der Waals surface area contributed by atoms with E-state index in [4.69, 9.17) is 9.47 Å². The maximum absolute atomic E-state index is 12.2. The SMILES string of the molecule is CCOc1ccc2c(c1)O/C(=C\c1ccccc1)C2=O. The Morgan fingerprint density at radius 1 is 1.15 bits per heavy atom. The summed E-state index contributed by atoms with van der Waals surface area (Å²) in [5, 5.41) is 0. The van der Waals surface area contributed by atoms with Gasteiger partial charge in [0.1, 0.15) is 11.5 Å². The quantitative estimate of drug-likeness (QED) is 0.795. The van der Waals surface area contributed by atoms with E-state index >= 15 is 0 Å². The van der Waals surface area contributed by atoms with E-state index in [1.807, 2.05) is 37.3 Å². The van der Waals surface area contributed by atoms with Crippen LogP contribution < -0.4 is 9.47 Å².